The summed E-state index contributed by atoms with van der Waals surface area (Å²) in [5.41, 5.74) is 1.28. The highest BCUT2D eigenvalue weighted by Crippen LogP contribution is 2.32. The average molecular weight is 519 g/mol. The smallest absolute Gasteiger partial charge is 0.475 e. The van der Waals surface area contributed by atoms with E-state index in [2.05, 4.69) is 48.7 Å². The van der Waals surface area contributed by atoms with E-state index in [9.17, 15) is 26.3 Å². The van der Waals surface area contributed by atoms with Crippen LogP contribution in [0.15, 0.2) is 10.5 Å². The molecule has 3 rings (SSSR count). The van der Waals surface area contributed by atoms with E-state index >= 15 is 0 Å². The first-order valence-corrected chi connectivity index (χ1v) is 10.7. The van der Waals surface area contributed by atoms with Crippen LogP contribution >= 0.6 is 0 Å². The van der Waals surface area contributed by atoms with Gasteiger partial charge in [-0.3, -0.25) is 9.80 Å². The van der Waals surface area contributed by atoms with Gasteiger partial charge in [-0.25, -0.2) is 9.59 Å². The number of furan rings is 1. The standard InChI is InChI=1S/C17H29N3O.2C2HF3O2/c1-13-11-15(21-14(13)2)12-20-8-6-16-17(20)5-7-19(16)10-9-18(3)4;2*3-2(4,5)1(6)7/h11,16-17H,5-10,12H2,1-4H3;2*(H,6,7)/t16-,17+;;/m0../s1. The van der Waals surface area contributed by atoms with Crippen molar-refractivity contribution in [2.45, 2.75) is 57.7 Å². The molecule has 0 radical (unpaired) electrons. The average Bonchev–Trinajstić information content (AvgIpc) is 3.37. The first kappa shape index (κ1) is 30.7. The molecular formula is C21H31F6N3O5. The van der Waals surface area contributed by atoms with Crippen molar-refractivity contribution in [1.29, 1.82) is 0 Å². The van der Waals surface area contributed by atoms with Crippen LogP contribution in [-0.4, -0.2) is 102 Å². The van der Waals surface area contributed by atoms with Crippen molar-refractivity contribution in [2.24, 2.45) is 0 Å². The number of hydrogen-bond donors (Lipinski definition) is 2. The highest BCUT2D eigenvalue weighted by atomic mass is 19.4. The lowest BCUT2D eigenvalue weighted by Gasteiger charge is -2.26. The van der Waals surface area contributed by atoms with Gasteiger partial charge in [-0.1, -0.05) is 0 Å². The fraction of sp³-hybridized carbons (Fsp3) is 0.714. The summed E-state index contributed by atoms with van der Waals surface area (Å²) in [6, 6.07) is 3.71. The lowest BCUT2D eigenvalue weighted by atomic mass is 10.1. The molecule has 1 aromatic rings. The number of carbonyl (C=O) groups is 2. The van der Waals surface area contributed by atoms with Crippen molar-refractivity contribution >= 4 is 11.9 Å². The van der Waals surface area contributed by atoms with Gasteiger partial charge < -0.3 is 19.5 Å². The van der Waals surface area contributed by atoms with Crippen molar-refractivity contribution in [2.75, 3.05) is 40.3 Å². The molecule has 14 heteroatoms. The molecular weight excluding hydrogens is 488 g/mol. The Balaban J connectivity index is 0.000000362. The van der Waals surface area contributed by atoms with Crippen LogP contribution in [-0.2, 0) is 16.1 Å². The minimum atomic E-state index is -5.08. The van der Waals surface area contributed by atoms with Crippen molar-refractivity contribution in [3.8, 4) is 0 Å². The number of carboxylic acids is 2. The van der Waals surface area contributed by atoms with Crippen molar-refractivity contribution < 1.29 is 50.6 Å². The summed E-state index contributed by atoms with van der Waals surface area (Å²) in [5.74, 6) is -3.31. The number of nitrogens with zero attached hydrogens (tertiary/aromatic N) is 3. The lowest BCUT2D eigenvalue weighted by molar-refractivity contribution is -0.193. The molecule has 35 heavy (non-hydrogen) atoms. The monoisotopic (exact) mass is 519 g/mol. The molecule has 1 aromatic heterocycles. The Hall–Kier alpha value is -2.32. The quantitative estimate of drug-likeness (QED) is 0.572. The molecule has 8 nitrogen and oxygen atoms in total. The fourth-order valence-electron chi connectivity index (χ4n) is 3.89. The van der Waals surface area contributed by atoms with Crippen LogP contribution in [0, 0.1) is 13.8 Å². The van der Waals surface area contributed by atoms with Crippen LogP contribution in [0.5, 0.6) is 0 Å². The number of likely N-dealkylation sites (N-methyl/N-ethyl adjacent to an activating group) is 1. The predicted octanol–water partition coefficient (Wildman–Crippen LogP) is 3.37. The zero-order valence-electron chi connectivity index (χ0n) is 19.9. The highest BCUT2D eigenvalue weighted by Gasteiger charge is 2.42. The summed E-state index contributed by atoms with van der Waals surface area (Å²) in [6.07, 6.45) is -7.53. The molecule has 0 aliphatic carbocycles. The number of carboxylic acid groups (broad SMARTS) is 2. The second kappa shape index (κ2) is 12.6. The molecule has 0 saturated carbocycles. The van der Waals surface area contributed by atoms with Crippen molar-refractivity contribution in [1.82, 2.24) is 14.7 Å². The van der Waals surface area contributed by atoms with Gasteiger partial charge in [0.25, 0.3) is 0 Å². The Morgan fingerprint density at radius 3 is 1.77 bits per heavy atom. The van der Waals surface area contributed by atoms with E-state index < -0.39 is 24.3 Å². The molecule has 0 unspecified atom stereocenters. The van der Waals surface area contributed by atoms with Gasteiger partial charge in [0.15, 0.2) is 0 Å². The van der Waals surface area contributed by atoms with Gasteiger partial charge in [-0.05, 0) is 52.4 Å². The number of fused-ring (bicyclic) bond motifs is 1. The summed E-state index contributed by atoms with van der Waals surface area (Å²) in [5, 5.41) is 14.2. The number of alkyl halides is 6. The zero-order valence-corrected chi connectivity index (χ0v) is 19.9. The van der Waals surface area contributed by atoms with Crippen LogP contribution in [0.25, 0.3) is 0 Å². The molecule has 2 aliphatic heterocycles. The molecule has 2 atom stereocenters. The van der Waals surface area contributed by atoms with Gasteiger partial charge in [0.05, 0.1) is 6.54 Å². The molecule has 2 fully saturated rings. The fourth-order valence-corrected chi connectivity index (χ4v) is 3.89. The van der Waals surface area contributed by atoms with Crippen LogP contribution < -0.4 is 0 Å². The van der Waals surface area contributed by atoms with Crippen LogP contribution in [0.4, 0.5) is 26.3 Å². The molecule has 202 valence electrons. The summed E-state index contributed by atoms with van der Waals surface area (Å²) in [7, 11) is 4.33. The molecule has 0 spiro atoms. The van der Waals surface area contributed by atoms with Gasteiger partial charge in [0, 0.05) is 38.3 Å². The van der Waals surface area contributed by atoms with E-state index in [0.29, 0.717) is 0 Å². The third-order valence-corrected chi connectivity index (χ3v) is 5.70. The minimum absolute atomic E-state index is 0.734. The number of halogens is 6. The molecule has 0 amide bonds. The maximum absolute atomic E-state index is 10.6. The van der Waals surface area contributed by atoms with Crippen LogP contribution in [0.3, 0.4) is 0 Å². The van der Waals surface area contributed by atoms with E-state index in [1.54, 1.807) is 0 Å². The second-order valence-electron chi connectivity index (χ2n) is 8.58. The van der Waals surface area contributed by atoms with E-state index in [1.807, 2.05) is 0 Å². The molecule has 0 aromatic carbocycles. The summed E-state index contributed by atoms with van der Waals surface area (Å²) >= 11 is 0. The molecule has 2 saturated heterocycles. The second-order valence-corrected chi connectivity index (χ2v) is 8.58. The lowest BCUT2D eigenvalue weighted by Crippen LogP contribution is -2.39. The molecule has 0 bridgehead atoms. The zero-order chi connectivity index (χ0) is 27.1. The number of likely N-dealkylation sites (tertiary alicyclic amines) is 2. The summed E-state index contributed by atoms with van der Waals surface area (Å²) < 4.78 is 69.3. The Kier molecular flexibility index (Phi) is 11.0. The Morgan fingerprint density at radius 1 is 0.971 bits per heavy atom. The number of aryl methyl sites for hydroxylation is 2. The van der Waals surface area contributed by atoms with E-state index in [1.165, 1.54) is 44.6 Å². The normalized spacial score (nSPS) is 20.7. The topological polar surface area (TPSA) is 97.5 Å². The third-order valence-electron chi connectivity index (χ3n) is 5.70. The van der Waals surface area contributed by atoms with Gasteiger partial charge in [-0.2, -0.15) is 26.3 Å². The van der Waals surface area contributed by atoms with Crippen LogP contribution in [0.2, 0.25) is 0 Å². The minimum Gasteiger partial charge on any atom is -0.475 e. The van der Waals surface area contributed by atoms with E-state index in [0.717, 1.165) is 30.1 Å². The Bertz CT molecular complexity index is 797. The Labute approximate surface area is 199 Å². The van der Waals surface area contributed by atoms with Crippen LogP contribution in [0.1, 0.15) is 29.9 Å². The van der Waals surface area contributed by atoms with Gasteiger partial charge >= 0.3 is 24.3 Å². The largest absolute Gasteiger partial charge is 0.490 e. The first-order valence-electron chi connectivity index (χ1n) is 10.7. The van der Waals surface area contributed by atoms with Gasteiger partial charge in [0.2, 0.25) is 0 Å². The van der Waals surface area contributed by atoms with E-state index in [-0.39, 0.29) is 0 Å². The van der Waals surface area contributed by atoms with Gasteiger partial charge in [-0.15, -0.1) is 0 Å². The summed E-state index contributed by atoms with van der Waals surface area (Å²) in [4.78, 5) is 25.4. The SMILES string of the molecule is Cc1cc(CN2CC[C@H]3[C@H]2CCN3CCN(C)C)oc1C.O=C(O)C(F)(F)F.O=C(O)C(F)(F)F. The highest BCUT2D eigenvalue weighted by molar-refractivity contribution is 5.73. The Morgan fingerprint density at radius 2 is 1.40 bits per heavy atom. The number of hydrogen-bond acceptors (Lipinski definition) is 6. The third kappa shape index (κ3) is 10.1. The van der Waals surface area contributed by atoms with Crippen molar-refractivity contribution in [3.63, 3.8) is 0 Å². The first-order chi connectivity index (χ1) is 15.9. The maximum Gasteiger partial charge on any atom is 0.490 e. The number of rotatable bonds is 5. The summed E-state index contributed by atoms with van der Waals surface area (Å²) in [6.45, 7) is 10.0. The molecule has 2 N–H and O–H groups in total. The van der Waals surface area contributed by atoms with Crippen molar-refractivity contribution in [3.05, 3.63) is 23.2 Å². The van der Waals surface area contributed by atoms with Gasteiger partial charge in [0.1, 0.15) is 11.5 Å². The molecule has 3 heterocycles. The molecule has 2 aliphatic rings. The number of aliphatic carboxylic acids is 2. The predicted molar refractivity (Wildman–Crippen MR) is 113 cm³/mol. The maximum atomic E-state index is 10.6. The van der Waals surface area contributed by atoms with E-state index in [4.69, 9.17) is 24.2 Å².